The summed E-state index contributed by atoms with van der Waals surface area (Å²) in [6.45, 7) is 0.889. The average Bonchev–Trinajstić information content (AvgIpc) is 2.71. The fourth-order valence-electron chi connectivity index (χ4n) is 2.64. The number of carbonyl (C=O) groups excluding carboxylic acids is 2. The van der Waals surface area contributed by atoms with E-state index in [1.807, 2.05) is 65.4 Å². The molecule has 2 aromatic carbocycles. The number of pyridine rings is 1. The number of benzene rings is 2. The molecule has 0 aliphatic rings. The van der Waals surface area contributed by atoms with Crippen LogP contribution in [0, 0.1) is 0 Å². The van der Waals surface area contributed by atoms with Crippen molar-refractivity contribution in [2.75, 3.05) is 6.54 Å². The van der Waals surface area contributed by atoms with E-state index >= 15 is 0 Å². The van der Waals surface area contributed by atoms with E-state index in [1.54, 1.807) is 24.3 Å². The molecule has 0 fully saturated rings. The summed E-state index contributed by atoms with van der Waals surface area (Å²) in [7, 11) is 0. The second kappa shape index (κ2) is 9.29. The van der Waals surface area contributed by atoms with Crippen molar-refractivity contribution in [2.45, 2.75) is 13.0 Å². The van der Waals surface area contributed by atoms with Crippen LogP contribution in [-0.2, 0) is 11.3 Å². The predicted octanol–water partition coefficient (Wildman–Crippen LogP) is 2.78. The molecule has 1 heterocycles. The summed E-state index contributed by atoms with van der Waals surface area (Å²) in [5.41, 5.74) is 2.30. The molecule has 136 valence electrons. The minimum absolute atomic E-state index is 0.152. The average molecular weight is 359 g/mol. The molecule has 0 saturated carbocycles. The molecule has 5 nitrogen and oxygen atoms in total. The Morgan fingerprint density at radius 1 is 0.852 bits per heavy atom. The van der Waals surface area contributed by atoms with Crippen LogP contribution in [0.4, 0.5) is 0 Å². The van der Waals surface area contributed by atoms with Gasteiger partial charge in [0.15, 0.2) is 0 Å². The van der Waals surface area contributed by atoms with Crippen molar-refractivity contribution in [3.63, 3.8) is 0 Å². The third kappa shape index (κ3) is 5.51. The van der Waals surface area contributed by atoms with E-state index in [1.165, 1.54) is 0 Å². The van der Waals surface area contributed by atoms with Gasteiger partial charge in [-0.2, -0.15) is 4.99 Å². The summed E-state index contributed by atoms with van der Waals surface area (Å²) < 4.78 is 1.93. The van der Waals surface area contributed by atoms with Gasteiger partial charge in [0, 0.05) is 31.3 Å². The summed E-state index contributed by atoms with van der Waals surface area (Å²) in [5.74, 6) is -0.460. The highest BCUT2D eigenvalue weighted by Gasteiger charge is 2.05. The Morgan fingerprint density at radius 3 is 2.26 bits per heavy atom. The van der Waals surface area contributed by atoms with Crippen molar-refractivity contribution >= 4 is 11.8 Å². The fraction of sp³-hybridized carbons (Fsp3) is 0.136. The Kier molecular flexibility index (Phi) is 6.30. The first kappa shape index (κ1) is 18.3. The van der Waals surface area contributed by atoms with Gasteiger partial charge in [-0.3, -0.25) is 9.59 Å². The summed E-state index contributed by atoms with van der Waals surface area (Å²) in [4.78, 5) is 28.4. The minimum Gasteiger partial charge on any atom is -0.352 e. The molecule has 2 amide bonds. The molecule has 0 aliphatic heterocycles. The molecule has 3 aromatic rings. The number of carbonyl (C=O) groups is 2. The Morgan fingerprint density at radius 2 is 1.52 bits per heavy atom. The SMILES string of the molecule is O=C(CCNC(=O)c1ccccc1)N=c1ccccn1Cc1ccccc1. The van der Waals surface area contributed by atoms with Gasteiger partial charge in [0.25, 0.3) is 5.91 Å². The zero-order valence-electron chi connectivity index (χ0n) is 14.9. The van der Waals surface area contributed by atoms with Crippen molar-refractivity contribution < 1.29 is 9.59 Å². The number of hydrogen-bond acceptors (Lipinski definition) is 2. The van der Waals surface area contributed by atoms with Crippen molar-refractivity contribution in [1.29, 1.82) is 0 Å². The maximum Gasteiger partial charge on any atom is 0.251 e. The largest absolute Gasteiger partial charge is 0.352 e. The van der Waals surface area contributed by atoms with E-state index < -0.39 is 0 Å². The van der Waals surface area contributed by atoms with Crippen LogP contribution in [-0.4, -0.2) is 22.9 Å². The van der Waals surface area contributed by atoms with E-state index in [0.29, 0.717) is 17.6 Å². The normalized spacial score (nSPS) is 11.2. The van der Waals surface area contributed by atoms with Gasteiger partial charge >= 0.3 is 0 Å². The minimum atomic E-state index is -0.267. The van der Waals surface area contributed by atoms with Gasteiger partial charge < -0.3 is 9.88 Å². The molecular weight excluding hydrogens is 338 g/mol. The van der Waals surface area contributed by atoms with E-state index in [9.17, 15) is 9.59 Å². The zero-order chi connectivity index (χ0) is 18.9. The first-order valence-electron chi connectivity index (χ1n) is 8.82. The molecule has 27 heavy (non-hydrogen) atoms. The maximum atomic E-state index is 12.2. The number of nitrogens with one attached hydrogen (secondary N) is 1. The van der Waals surface area contributed by atoms with Crippen molar-refractivity contribution in [3.8, 4) is 0 Å². The quantitative estimate of drug-likeness (QED) is 0.736. The van der Waals surface area contributed by atoms with Crippen LogP contribution < -0.4 is 10.8 Å². The molecule has 0 aliphatic carbocycles. The lowest BCUT2D eigenvalue weighted by molar-refractivity contribution is -0.118. The third-order valence-electron chi connectivity index (χ3n) is 4.01. The molecule has 5 heteroatoms. The Labute approximate surface area is 158 Å². The number of amides is 2. The monoisotopic (exact) mass is 359 g/mol. The molecule has 0 saturated heterocycles. The lowest BCUT2D eigenvalue weighted by Crippen LogP contribution is -2.27. The van der Waals surface area contributed by atoms with Gasteiger partial charge in [-0.25, -0.2) is 0 Å². The molecule has 1 aromatic heterocycles. The van der Waals surface area contributed by atoms with Crippen molar-refractivity contribution in [3.05, 3.63) is 102 Å². The number of nitrogens with zero attached hydrogens (tertiary/aromatic N) is 2. The van der Waals surface area contributed by atoms with Gasteiger partial charge in [0.05, 0.1) is 0 Å². The molecule has 0 radical (unpaired) electrons. The van der Waals surface area contributed by atoms with Crippen LogP contribution in [0.1, 0.15) is 22.3 Å². The first-order valence-corrected chi connectivity index (χ1v) is 8.82. The van der Waals surface area contributed by atoms with Crippen LogP contribution in [0.2, 0.25) is 0 Å². The highest BCUT2D eigenvalue weighted by molar-refractivity contribution is 5.94. The summed E-state index contributed by atoms with van der Waals surface area (Å²) >= 11 is 0. The maximum absolute atomic E-state index is 12.2. The van der Waals surface area contributed by atoms with E-state index in [4.69, 9.17) is 0 Å². The number of hydrogen-bond donors (Lipinski definition) is 1. The highest BCUT2D eigenvalue weighted by Crippen LogP contribution is 2.00. The molecule has 0 spiro atoms. The van der Waals surface area contributed by atoms with Gasteiger partial charge in [-0.05, 0) is 29.8 Å². The molecule has 1 N–H and O–H groups in total. The van der Waals surface area contributed by atoms with Gasteiger partial charge in [-0.15, -0.1) is 0 Å². The lowest BCUT2D eigenvalue weighted by Gasteiger charge is -2.07. The first-order chi connectivity index (χ1) is 13.2. The molecule has 3 rings (SSSR count). The van der Waals surface area contributed by atoms with Crippen molar-refractivity contribution in [2.24, 2.45) is 4.99 Å². The van der Waals surface area contributed by atoms with Crippen LogP contribution in [0.25, 0.3) is 0 Å². The molecule has 0 atom stereocenters. The van der Waals surface area contributed by atoms with Crippen LogP contribution in [0.5, 0.6) is 0 Å². The van der Waals surface area contributed by atoms with E-state index in [-0.39, 0.29) is 24.8 Å². The Balaban J connectivity index is 1.61. The van der Waals surface area contributed by atoms with Crippen molar-refractivity contribution in [1.82, 2.24) is 9.88 Å². The second-order valence-corrected chi connectivity index (χ2v) is 6.05. The van der Waals surface area contributed by atoms with Crippen LogP contribution in [0.15, 0.2) is 90.1 Å². The van der Waals surface area contributed by atoms with Gasteiger partial charge in [0.1, 0.15) is 5.49 Å². The fourth-order valence-corrected chi connectivity index (χ4v) is 2.64. The molecule has 0 bridgehead atoms. The number of rotatable bonds is 6. The van der Waals surface area contributed by atoms with Gasteiger partial charge in [0.2, 0.25) is 5.91 Å². The van der Waals surface area contributed by atoms with Crippen LogP contribution in [0.3, 0.4) is 0 Å². The Bertz CT molecular complexity index is 963. The highest BCUT2D eigenvalue weighted by atomic mass is 16.2. The third-order valence-corrected chi connectivity index (χ3v) is 4.01. The van der Waals surface area contributed by atoms with E-state index in [2.05, 4.69) is 10.3 Å². The van der Waals surface area contributed by atoms with Crippen LogP contribution >= 0.6 is 0 Å². The smallest absolute Gasteiger partial charge is 0.251 e. The molecule has 0 unspecified atom stereocenters. The topological polar surface area (TPSA) is 63.5 Å². The molecular formula is C22H21N3O2. The summed E-state index contributed by atoms with van der Waals surface area (Å²) in [6.07, 6.45) is 2.05. The lowest BCUT2D eigenvalue weighted by atomic mass is 10.2. The summed E-state index contributed by atoms with van der Waals surface area (Å²) in [5, 5.41) is 2.74. The zero-order valence-corrected chi connectivity index (χ0v) is 14.9. The standard InChI is InChI=1S/C22H21N3O2/c26-21(14-15-23-22(27)19-11-5-2-6-12-19)24-20-13-7-8-16-25(20)17-18-9-3-1-4-10-18/h1-13,16H,14-15,17H2,(H,23,27). The second-order valence-electron chi connectivity index (χ2n) is 6.05. The summed E-state index contributed by atoms with van der Waals surface area (Å²) in [6, 6.07) is 24.5. The predicted molar refractivity (Wildman–Crippen MR) is 104 cm³/mol. The Hall–Kier alpha value is -3.47. The van der Waals surface area contributed by atoms with Gasteiger partial charge in [-0.1, -0.05) is 54.6 Å². The van der Waals surface area contributed by atoms with E-state index in [0.717, 1.165) is 5.56 Å². The number of aromatic nitrogens is 1.